The minimum Gasteiger partial charge on any atom is -0.288 e. The number of rotatable bonds is 2. The smallest absolute Gasteiger partial charge is 0.204 e. The molecule has 0 fully saturated rings. The van der Waals surface area contributed by atoms with Gasteiger partial charge in [-0.05, 0) is 36.1 Å². The Balaban J connectivity index is 2.40. The minimum absolute atomic E-state index is 0.00852. The quantitative estimate of drug-likeness (QED) is 0.692. The third-order valence-electron chi connectivity index (χ3n) is 3.01. The first-order chi connectivity index (χ1) is 8.80. The molecule has 100 valence electrons. The molecule has 2 rings (SSSR count). The van der Waals surface area contributed by atoms with Gasteiger partial charge in [-0.15, -0.1) is 11.3 Å². The van der Waals surface area contributed by atoms with Gasteiger partial charge in [0.15, 0.2) is 0 Å². The molecule has 3 heteroatoms. The first-order valence-electron chi connectivity index (χ1n) is 6.21. The fourth-order valence-electron chi connectivity index (χ4n) is 1.82. The van der Waals surface area contributed by atoms with E-state index in [1.165, 1.54) is 4.88 Å². The molecule has 2 aromatic rings. The van der Waals surface area contributed by atoms with Gasteiger partial charge >= 0.3 is 0 Å². The number of carbonyl (C=O) groups is 1. The van der Waals surface area contributed by atoms with Crippen molar-refractivity contribution in [1.29, 1.82) is 0 Å². The van der Waals surface area contributed by atoms with Gasteiger partial charge in [0, 0.05) is 10.4 Å². The number of aryl methyl sites for hydroxylation is 1. The van der Waals surface area contributed by atoms with Crippen LogP contribution < -0.4 is 0 Å². The van der Waals surface area contributed by atoms with Crippen molar-refractivity contribution in [1.82, 2.24) is 0 Å². The van der Waals surface area contributed by atoms with Crippen LogP contribution in [0.2, 0.25) is 5.02 Å². The summed E-state index contributed by atoms with van der Waals surface area (Å²) in [6, 6.07) is 9.49. The topological polar surface area (TPSA) is 17.1 Å². The number of hydrogen-bond acceptors (Lipinski definition) is 2. The maximum absolute atomic E-state index is 12.5. The summed E-state index contributed by atoms with van der Waals surface area (Å²) in [6.07, 6.45) is 0. The Morgan fingerprint density at radius 1 is 1.16 bits per heavy atom. The summed E-state index contributed by atoms with van der Waals surface area (Å²) in [5, 5.41) is 0.554. The summed E-state index contributed by atoms with van der Waals surface area (Å²) in [5.74, 6) is 0.00852. The molecule has 0 aliphatic rings. The van der Waals surface area contributed by atoms with Crippen molar-refractivity contribution >= 4 is 28.7 Å². The van der Waals surface area contributed by atoms with Crippen LogP contribution in [0, 0.1) is 6.92 Å². The molecule has 1 aromatic heterocycles. The van der Waals surface area contributed by atoms with Gasteiger partial charge in [-0.25, -0.2) is 0 Å². The molecule has 0 aliphatic carbocycles. The Bertz CT molecular complexity index is 620. The molecular weight excluding hydrogens is 276 g/mol. The standard InChI is InChI=1S/C16H17ClOS/c1-10-6-5-7-11(14(10)17)15(18)12-8-9-13(19-12)16(2,3)4/h5-9H,1-4H3. The van der Waals surface area contributed by atoms with Gasteiger partial charge in [0.2, 0.25) is 5.78 Å². The van der Waals surface area contributed by atoms with E-state index in [4.69, 9.17) is 11.6 Å². The van der Waals surface area contributed by atoms with Crippen molar-refractivity contribution < 1.29 is 4.79 Å². The Labute approximate surface area is 123 Å². The highest BCUT2D eigenvalue weighted by Gasteiger charge is 2.20. The predicted octanol–water partition coefficient (Wildman–Crippen LogP) is 5.24. The molecule has 0 aliphatic heterocycles. The number of benzene rings is 1. The van der Waals surface area contributed by atoms with Gasteiger partial charge in [-0.3, -0.25) is 4.79 Å². The molecule has 0 bridgehead atoms. The van der Waals surface area contributed by atoms with Crippen molar-refractivity contribution in [2.75, 3.05) is 0 Å². The molecule has 0 unspecified atom stereocenters. The van der Waals surface area contributed by atoms with Crippen LogP contribution in [0.3, 0.4) is 0 Å². The molecule has 0 radical (unpaired) electrons. The van der Waals surface area contributed by atoms with Gasteiger partial charge in [-0.1, -0.05) is 44.5 Å². The van der Waals surface area contributed by atoms with Crippen LogP contribution in [0.15, 0.2) is 30.3 Å². The maximum atomic E-state index is 12.5. The van der Waals surface area contributed by atoms with Crippen molar-refractivity contribution in [2.24, 2.45) is 0 Å². The third kappa shape index (κ3) is 2.90. The molecule has 1 nitrogen and oxygen atoms in total. The molecule has 1 aromatic carbocycles. The maximum Gasteiger partial charge on any atom is 0.204 e. The summed E-state index contributed by atoms with van der Waals surface area (Å²) >= 11 is 7.77. The lowest BCUT2D eigenvalue weighted by Gasteiger charge is -2.15. The van der Waals surface area contributed by atoms with E-state index in [0.29, 0.717) is 10.6 Å². The van der Waals surface area contributed by atoms with E-state index in [-0.39, 0.29) is 11.2 Å². The Hall–Kier alpha value is -1.12. The van der Waals surface area contributed by atoms with E-state index < -0.39 is 0 Å². The van der Waals surface area contributed by atoms with Gasteiger partial charge in [0.25, 0.3) is 0 Å². The van der Waals surface area contributed by atoms with Gasteiger partial charge in [0.05, 0.1) is 9.90 Å². The summed E-state index contributed by atoms with van der Waals surface area (Å²) in [7, 11) is 0. The van der Waals surface area contributed by atoms with Crippen LogP contribution in [0.1, 0.15) is 46.4 Å². The van der Waals surface area contributed by atoms with E-state index in [2.05, 4.69) is 20.8 Å². The first kappa shape index (κ1) is 14.3. The molecule has 0 atom stereocenters. The number of thiophene rings is 1. The van der Waals surface area contributed by atoms with E-state index in [9.17, 15) is 4.79 Å². The number of hydrogen-bond donors (Lipinski definition) is 0. The second kappa shape index (κ2) is 5.10. The van der Waals surface area contributed by atoms with E-state index >= 15 is 0 Å². The van der Waals surface area contributed by atoms with Crippen LogP contribution in [0.4, 0.5) is 0 Å². The van der Waals surface area contributed by atoms with Crippen molar-refractivity contribution in [2.45, 2.75) is 33.1 Å². The van der Waals surface area contributed by atoms with E-state index in [1.54, 1.807) is 17.4 Å². The second-order valence-electron chi connectivity index (χ2n) is 5.68. The zero-order valence-electron chi connectivity index (χ0n) is 11.6. The highest BCUT2D eigenvalue weighted by molar-refractivity contribution is 7.14. The Morgan fingerprint density at radius 3 is 2.42 bits per heavy atom. The summed E-state index contributed by atoms with van der Waals surface area (Å²) < 4.78 is 0. The van der Waals surface area contributed by atoms with Crippen LogP contribution in [0.25, 0.3) is 0 Å². The van der Waals surface area contributed by atoms with Crippen LogP contribution in [0.5, 0.6) is 0 Å². The van der Waals surface area contributed by atoms with Gasteiger partial charge in [0.1, 0.15) is 0 Å². The Morgan fingerprint density at radius 2 is 1.84 bits per heavy atom. The normalized spacial score (nSPS) is 11.6. The molecule has 0 saturated heterocycles. The van der Waals surface area contributed by atoms with Gasteiger partial charge in [-0.2, -0.15) is 0 Å². The van der Waals surface area contributed by atoms with Gasteiger partial charge < -0.3 is 0 Å². The largest absolute Gasteiger partial charge is 0.288 e. The molecule has 0 amide bonds. The fourth-order valence-corrected chi connectivity index (χ4v) is 3.05. The fraction of sp³-hybridized carbons (Fsp3) is 0.312. The van der Waals surface area contributed by atoms with E-state index in [0.717, 1.165) is 10.4 Å². The van der Waals surface area contributed by atoms with Crippen LogP contribution in [-0.2, 0) is 5.41 Å². The lowest BCUT2D eigenvalue weighted by molar-refractivity contribution is 0.104. The molecule has 0 spiro atoms. The molecule has 19 heavy (non-hydrogen) atoms. The number of halogens is 1. The zero-order valence-corrected chi connectivity index (χ0v) is 13.2. The second-order valence-corrected chi connectivity index (χ2v) is 7.14. The van der Waals surface area contributed by atoms with Crippen molar-refractivity contribution in [3.8, 4) is 0 Å². The zero-order chi connectivity index (χ0) is 14.2. The first-order valence-corrected chi connectivity index (χ1v) is 7.40. The molecule has 1 heterocycles. The number of ketones is 1. The summed E-state index contributed by atoms with van der Waals surface area (Å²) in [5.41, 5.74) is 1.59. The van der Waals surface area contributed by atoms with Crippen LogP contribution in [-0.4, -0.2) is 5.78 Å². The molecule has 0 saturated carbocycles. The lowest BCUT2D eigenvalue weighted by Crippen LogP contribution is -2.08. The summed E-state index contributed by atoms with van der Waals surface area (Å²) in [4.78, 5) is 14.4. The predicted molar refractivity (Wildman–Crippen MR) is 82.6 cm³/mol. The Kier molecular flexibility index (Phi) is 3.84. The average Bonchev–Trinajstić information content (AvgIpc) is 2.81. The third-order valence-corrected chi connectivity index (χ3v) is 5.02. The SMILES string of the molecule is Cc1cccc(C(=O)c2ccc(C(C)(C)C)s2)c1Cl. The lowest BCUT2D eigenvalue weighted by atomic mass is 9.95. The van der Waals surface area contributed by atoms with Crippen LogP contribution >= 0.6 is 22.9 Å². The van der Waals surface area contributed by atoms with Crippen molar-refractivity contribution in [3.05, 3.63) is 56.2 Å². The molecule has 0 N–H and O–H groups in total. The highest BCUT2D eigenvalue weighted by atomic mass is 35.5. The number of carbonyl (C=O) groups excluding carboxylic acids is 1. The summed E-state index contributed by atoms with van der Waals surface area (Å²) in [6.45, 7) is 8.35. The van der Waals surface area contributed by atoms with Crippen molar-refractivity contribution in [3.63, 3.8) is 0 Å². The molecular formula is C16H17ClOS. The average molecular weight is 293 g/mol. The minimum atomic E-state index is 0.00852. The highest BCUT2D eigenvalue weighted by Crippen LogP contribution is 2.32. The van der Waals surface area contributed by atoms with E-state index in [1.807, 2.05) is 31.2 Å². The monoisotopic (exact) mass is 292 g/mol.